The van der Waals surface area contributed by atoms with Gasteiger partial charge in [0.15, 0.2) is 5.78 Å². The van der Waals surface area contributed by atoms with Crippen molar-refractivity contribution in [3.05, 3.63) is 22.5 Å². The minimum Gasteiger partial charge on any atom is -0.354 e. The summed E-state index contributed by atoms with van der Waals surface area (Å²) in [6.07, 6.45) is 3.84. The van der Waals surface area contributed by atoms with Gasteiger partial charge >= 0.3 is 0 Å². The first-order valence-electron chi connectivity index (χ1n) is 8.25. The molecular formula is C17H27N3O2. The molecule has 1 aromatic heterocycles. The first kappa shape index (κ1) is 16.7. The Balaban J connectivity index is 2.04. The van der Waals surface area contributed by atoms with E-state index in [2.05, 4.69) is 22.5 Å². The molecule has 2 heterocycles. The highest BCUT2D eigenvalue weighted by molar-refractivity contribution is 6.02. The Morgan fingerprint density at radius 3 is 2.73 bits per heavy atom. The molecule has 0 bridgehead atoms. The van der Waals surface area contributed by atoms with E-state index in [1.807, 2.05) is 6.92 Å². The third-order valence-corrected chi connectivity index (χ3v) is 4.37. The van der Waals surface area contributed by atoms with Crippen molar-refractivity contribution in [2.75, 3.05) is 19.6 Å². The number of H-pyrrole nitrogens is 1. The molecule has 5 nitrogen and oxygen atoms in total. The zero-order chi connectivity index (χ0) is 16.1. The summed E-state index contributed by atoms with van der Waals surface area (Å²) in [5.41, 5.74) is 2.91. The molecule has 1 unspecified atom stereocenters. The third-order valence-electron chi connectivity index (χ3n) is 4.37. The van der Waals surface area contributed by atoms with Gasteiger partial charge in [0.05, 0.1) is 0 Å². The quantitative estimate of drug-likeness (QED) is 0.676. The van der Waals surface area contributed by atoms with Crippen molar-refractivity contribution in [1.82, 2.24) is 15.6 Å². The van der Waals surface area contributed by atoms with Crippen LogP contribution in [0.2, 0.25) is 0 Å². The van der Waals surface area contributed by atoms with Gasteiger partial charge in [-0.25, -0.2) is 0 Å². The number of ketones is 1. The minimum atomic E-state index is -0.0926. The van der Waals surface area contributed by atoms with Crippen LogP contribution in [0.4, 0.5) is 0 Å². The molecule has 0 radical (unpaired) electrons. The van der Waals surface area contributed by atoms with Crippen LogP contribution in [0.3, 0.4) is 0 Å². The predicted molar refractivity (Wildman–Crippen MR) is 87.5 cm³/mol. The molecule has 0 aliphatic carbocycles. The zero-order valence-electron chi connectivity index (χ0n) is 13.8. The van der Waals surface area contributed by atoms with E-state index < -0.39 is 0 Å². The first-order valence-corrected chi connectivity index (χ1v) is 8.25. The number of rotatable bonds is 7. The topological polar surface area (TPSA) is 74.0 Å². The van der Waals surface area contributed by atoms with Gasteiger partial charge in [0.1, 0.15) is 5.69 Å². The summed E-state index contributed by atoms with van der Waals surface area (Å²) in [7, 11) is 0. The molecule has 122 valence electrons. The smallest absolute Gasteiger partial charge is 0.268 e. The lowest BCUT2D eigenvalue weighted by Gasteiger charge is -2.10. The summed E-state index contributed by atoms with van der Waals surface area (Å²) < 4.78 is 0. The first-order chi connectivity index (χ1) is 10.5. The minimum absolute atomic E-state index is 0.0216. The van der Waals surface area contributed by atoms with Crippen molar-refractivity contribution in [1.29, 1.82) is 0 Å². The number of hydrogen-bond donors (Lipinski definition) is 3. The highest BCUT2D eigenvalue weighted by atomic mass is 16.2. The second-order valence-electron chi connectivity index (χ2n) is 6.19. The van der Waals surface area contributed by atoms with Gasteiger partial charge in [0.2, 0.25) is 0 Å². The summed E-state index contributed by atoms with van der Waals surface area (Å²) in [6, 6.07) is 0. The predicted octanol–water partition coefficient (Wildman–Crippen LogP) is 2.21. The fourth-order valence-corrected chi connectivity index (χ4v) is 3.29. The number of carbonyl (C=O) groups is 2. The van der Waals surface area contributed by atoms with Gasteiger partial charge in [0, 0.05) is 17.8 Å². The number of carbonyl (C=O) groups excluding carboxylic acids is 2. The lowest BCUT2D eigenvalue weighted by atomic mass is 10.0. The summed E-state index contributed by atoms with van der Waals surface area (Å²) in [6.45, 7) is 8.29. The zero-order valence-corrected chi connectivity index (χ0v) is 13.8. The van der Waals surface area contributed by atoms with Gasteiger partial charge in [-0.2, -0.15) is 0 Å². The number of hydrogen-bond acceptors (Lipinski definition) is 3. The van der Waals surface area contributed by atoms with E-state index in [4.69, 9.17) is 0 Å². The van der Waals surface area contributed by atoms with Gasteiger partial charge in [-0.1, -0.05) is 13.3 Å². The molecule has 2 rings (SSSR count). The Morgan fingerprint density at radius 2 is 2.14 bits per heavy atom. The second-order valence-corrected chi connectivity index (χ2v) is 6.19. The van der Waals surface area contributed by atoms with Gasteiger partial charge in [0.25, 0.3) is 5.91 Å². The van der Waals surface area contributed by atoms with Crippen molar-refractivity contribution in [2.45, 2.75) is 46.5 Å². The molecule has 1 aliphatic rings. The van der Waals surface area contributed by atoms with Crippen LogP contribution in [0.25, 0.3) is 0 Å². The number of amides is 1. The molecular weight excluding hydrogens is 278 g/mol. The van der Waals surface area contributed by atoms with E-state index >= 15 is 0 Å². The maximum absolute atomic E-state index is 12.4. The van der Waals surface area contributed by atoms with Gasteiger partial charge < -0.3 is 15.6 Å². The maximum Gasteiger partial charge on any atom is 0.268 e. The fourth-order valence-electron chi connectivity index (χ4n) is 3.29. The standard InChI is InChI=1S/C17H27N3O2/c1-4-5-14-15(12(3)21)11(2)20-16(14)17(22)19-9-7-13-6-8-18-10-13/h13,18,20H,4-10H2,1-3H3,(H,19,22). The average Bonchev–Trinajstić information content (AvgIpc) is 3.07. The Morgan fingerprint density at radius 1 is 1.36 bits per heavy atom. The van der Waals surface area contributed by atoms with Crippen LogP contribution in [-0.2, 0) is 6.42 Å². The highest BCUT2D eigenvalue weighted by Crippen LogP contribution is 2.21. The van der Waals surface area contributed by atoms with Gasteiger partial charge in [-0.05, 0) is 57.7 Å². The van der Waals surface area contributed by atoms with Crippen LogP contribution in [-0.4, -0.2) is 36.3 Å². The third kappa shape index (κ3) is 3.77. The SMILES string of the molecule is CCCc1c(C(=O)NCCC2CCNC2)[nH]c(C)c1C(C)=O. The lowest BCUT2D eigenvalue weighted by Crippen LogP contribution is -2.27. The normalized spacial score (nSPS) is 17.7. The monoisotopic (exact) mass is 305 g/mol. The molecule has 0 saturated carbocycles. The Hall–Kier alpha value is -1.62. The molecule has 0 aromatic carbocycles. The molecule has 1 amide bonds. The van der Waals surface area contributed by atoms with Crippen molar-refractivity contribution < 1.29 is 9.59 Å². The Kier molecular flexibility index (Phi) is 5.77. The molecule has 5 heteroatoms. The second kappa shape index (κ2) is 7.58. The number of aromatic nitrogens is 1. The van der Waals surface area contributed by atoms with Crippen molar-refractivity contribution in [3.63, 3.8) is 0 Å². The molecule has 1 aliphatic heterocycles. The summed E-state index contributed by atoms with van der Waals surface area (Å²) >= 11 is 0. The van der Waals surface area contributed by atoms with Crippen LogP contribution in [0.5, 0.6) is 0 Å². The molecule has 1 aromatic rings. The molecule has 1 fully saturated rings. The number of aryl methyl sites for hydroxylation is 1. The van der Waals surface area contributed by atoms with Gasteiger partial charge in [-0.3, -0.25) is 9.59 Å². The molecule has 22 heavy (non-hydrogen) atoms. The van der Waals surface area contributed by atoms with E-state index in [-0.39, 0.29) is 11.7 Å². The van der Waals surface area contributed by atoms with Crippen molar-refractivity contribution >= 4 is 11.7 Å². The van der Waals surface area contributed by atoms with E-state index in [1.54, 1.807) is 6.92 Å². The van der Waals surface area contributed by atoms with Crippen molar-refractivity contribution in [3.8, 4) is 0 Å². The Bertz CT molecular complexity index is 542. The van der Waals surface area contributed by atoms with Crippen LogP contribution < -0.4 is 10.6 Å². The lowest BCUT2D eigenvalue weighted by molar-refractivity contribution is 0.0946. The van der Waals surface area contributed by atoms with Crippen LogP contribution in [0.1, 0.15) is 65.2 Å². The van der Waals surface area contributed by atoms with Crippen LogP contribution in [0, 0.1) is 12.8 Å². The summed E-state index contributed by atoms with van der Waals surface area (Å²) in [4.78, 5) is 27.4. The van der Waals surface area contributed by atoms with E-state index in [0.717, 1.165) is 43.6 Å². The molecule has 1 atom stereocenters. The summed E-state index contributed by atoms with van der Waals surface area (Å²) in [5, 5.41) is 6.33. The van der Waals surface area contributed by atoms with Crippen LogP contribution >= 0.6 is 0 Å². The summed E-state index contributed by atoms with van der Waals surface area (Å²) in [5.74, 6) is 0.590. The fraction of sp³-hybridized carbons (Fsp3) is 0.647. The number of aromatic amines is 1. The molecule has 0 spiro atoms. The molecule has 1 saturated heterocycles. The van der Waals surface area contributed by atoms with E-state index in [0.29, 0.717) is 23.7 Å². The van der Waals surface area contributed by atoms with Gasteiger partial charge in [-0.15, -0.1) is 0 Å². The van der Waals surface area contributed by atoms with Crippen molar-refractivity contribution in [2.24, 2.45) is 5.92 Å². The highest BCUT2D eigenvalue weighted by Gasteiger charge is 2.22. The average molecular weight is 305 g/mol. The van der Waals surface area contributed by atoms with E-state index in [1.165, 1.54) is 6.42 Å². The van der Waals surface area contributed by atoms with Crippen LogP contribution in [0.15, 0.2) is 0 Å². The number of nitrogens with one attached hydrogen (secondary N) is 3. The number of Topliss-reactive ketones (excluding diaryl/α,β-unsaturated/α-hetero) is 1. The molecule has 3 N–H and O–H groups in total. The van der Waals surface area contributed by atoms with E-state index in [9.17, 15) is 9.59 Å². The largest absolute Gasteiger partial charge is 0.354 e. The maximum atomic E-state index is 12.4. The Labute approximate surface area is 132 Å².